The van der Waals surface area contributed by atoms with Crippen LogP contribution in [-0.4, -0.2) is 30.7 Å². The van der Waals surface area contributed by atoms with Crippen molar-refractivity contribution in [3.8, 4) is 0 Å². The van der Waals surface area contributed by atoms with Gasteiger partial charge in [0.05, 0.1) is 26.2 Å². The molecular formula is C27H52N+. The number of hydrogen-bond donors (Lipinski definition) is 0. The summed E-state index contributed by atoms with van der Waals surface area (Å²) < 4.78 is 1.39. The summed E-state index contributed by atoms with van der Waals surface area (Å²) in [5.41, 5.74) is 0. The lowest BCUT2D eigenvalue weighted by atomic mass is 9.82. The SMILES string of the molecule is C=CC[N+]1(CCCCCCCCCCCCCCCC)C[C@@H]2CCCC[C@H]2C1. The molecule has 0 aromatic carbocycles. The second-order valence-electron chi connectivity index (χ2n) is 10.3. The number of hydrogen-bond acceptors (Lipinski definition) is 0. The summed E-state index contributed by atoms with van der Waals surface area (Å²) in [6.07, 6.45) is 28.7. The van der Waals surface area contributed by atoms with E-state index in [9.17, 15) is 0 Å². The van der Waals surface area contributed by atoms with Gasteiger partial charge in [-0.05, 0) is 31.8 Å². The molecule has 1 nitrogen and oxygen atoms in total. The van der Waals surface area contributed by atoms with Crippen molar-refractivity contribution in [3.63, 3.8) is 0 Å². The van der Waals surface area contributed by atoms with Crippen LogP contribution in [0.1, 0.15) is 122 Å². The van der Waals surface area contributed by atoms with Crippen molar-refractivity contribution in [1.29, 1.82) is 0 Å². The Hall–Kier alpha value is -0.300. The van der Waals surface area contributed by atoms with E-state index in [4.69, 9.17) is 0 Å². The summed E-state index contributed by atoms with van der Waals surface area (Å²) >= 11 is 0. The Balaban J connectivity index is 1.43. The third-order valence-electron chi connectivity index (χ3n) is 7.81. The zero-order valence-electron chi connectivity index (χ0n) is 19.4. The first kappa shape index (κ1) is 24.0. The molecule has 1 aliphatic carbocycles. The summed E-state index contributed by atoms with van der Waals surface area (Å²) in [5.74, 6) is 2.08. The highest BCUT2D eigenvalue weighted by Crippen LogP contribution is 2.40. The maximum atomic E-state index is 4.09. The Kier molecular flexibility index (Phi) is 12.5. The van der Waals surface area contributed by atoms with Crippen molar-refractivity contribution in [1.82, 2.24) is 0 Å². The normalized spacial score (nSPS) is 23.6. The lowest BCUT2D eigenvalue weighted by Crippen LogP contribution is -2.47. The number of quaternary nitrogens is 1. The Morgan fingerprint density at radius 1 is 0.679 bits per heavy atom. The molecule has 1 aliphatic heterocycles. The van der Waals surface area contributed by atoms with Gasteiger partial charge in [0.1, 0.15) is 0 Å². The molecule has 0 radical (unpaired) electrons. The smallest absolute Gasteiger partial charge is 0.0971 e. The molecule has 0 unspecified atom stereocenters. The number of fused-ring (bicyclic) bond motifs is 1. The molecule has 2 rings (SSSR count). The first-order valence-corrected chi connectivity index (χ1v) is 13.3. The Bertz CT molecular complexity index is 374. The molecule has 1 heteroatoms. The number of nitrogens with zero attached hydrogens (tertiary/aromatic N) is 1. The van der Waals surface area contributed by atoms with Crippen molar-refractivity contribution < 1.29 is 4.48 Å². The van der Waals surface area contributed by atoms with E-state index in [-0.39, 0.29) is 0 Å². The van der Waals surface area contributed by atoms with Gasteiger partial charge in [0, 0.05) is 11.8 Å². The number of unbranched alkanes of at least 4 members (excludes halogenated alkanes) is 13. The van der Waals surface area contributed by atoms with Crippen LogP contribution < -0.4 is 0 Å². The maximum absolute atomic E-state index is 4.09. The summed E-state index contributed by atoms with van der Waals surface area (Å²) in [5, 5.41) is 0. The fourth-order valence-electron chi connectivity index (χ4n) is 6.17. The molecule has 0 N–H and O–H groups in total. The Morgan fingerprint density at radius 3 is 1.54 bits per heavy atom. The van der Waals surface area contributed by atoms with Crippen molar-refractivity contribution in [2.24, 2.45) is 11.8 Å². The van der Waals surface area contributed by atoms with Gasteiger partial charge in [0.2, 0.25) is 0 Å². The fourth-order valence-corrected chi connectivity index (χ4v) is 6.17. The number of likely N-dealkylation sites (tertiary alicyclic amines) is 1. The molecule has 2 atom stereocenters. The summed E-state index contributed by atoms with van der Waals surface area (Å²) in [6, 6.07) is 0. The molecule has 0 bridgehead atoms. The topological polar surface area (TPSA) is 0 Å². The molecule has 1 saturated carbocycles. The van der Waals surface area contributed by atoms with Crippen LogP contribution in [0.15, 0.2) is 12.7 Å². The third-order valence-corrected chi connectivity index (χ3v) is 7.81. The van der Waals surface area contributed by atoms with E-state index in [1.807, 2.05) is 0 Å². The van der Waals surface area contributed by atoms with Crippen molar-refractivity contribution in [2.45, 2.75) is 122 Å². The molecule has 0 aromatic heterocycles. The van der Waals surface area contributed by atoms with Crippen LogP contribution >= 0.6 is 0 Å². The number of rotatable bonds is 17. The minimum Gasteiger partial charge on any atom is -0.320 e. The van der Waals surface area contributed by atoms with E-state index >= 15 is 0 Å². The van der Waals surface area contributed by atoms with Gasteiger partial charge in [-0.15, -0.1) is 0 Å². The maximum Gasteiger partial charge on any atom is 0.0971 e. The second kappa shape index (κ2) is 14.6. The lowest BCUT2D eigenvalue weighted by Gasteiger charge is -2.34. The molecule has 0 amide bonds. The van der Waals surface area contributed by atoms with Gasteiger partial charge in [0.15, 0.2) is 0 Å². The molecule has 0 spiro atoms. The predicted molar refractivity (Wildman–Crippen MR) is 126 cm³/mol. The fraction of sp³-hybridized carbons (Fsp3) is 0.926. The zero-order valence-corrected chi connectivity index (χ0v) is 19.4. The van der Waals surface area contributed by atoms with E-state index in [0.717, 1.165) is 11.8 Å². The first-order valence-electron chi connectivity index (χ1n) is 13.3. The minimum absolute atomic E-state index is 1.04. The van der Waals surface area contributed by atoms with E-state index < -0.39 is 0 Å². The molecule has 164 valence electrons. The molecule has 2 aliphatic rings. The Morgan fingerprint density at radius 2 is 1.11 bits per heavy atom. The van der Waals surface area contributed by atoms with Gasteiger partial charge in [0.25, 0.3) is 0 Å². The van der Waals surface area contributed by atoms with E-state index in [1.54, 1.807) is 0 Å². The highest BCUT2D eigenvalue weighted by Gasteiger charge is 2.44. The van der Waals surface area contributed by atoms with Crippen LogP contribution in [-0.2, 0) is 0 Å². The van der Waals surface area contributed by atoms with Crippen LogP contribution in [0.4, 0.5) is 0 Å². The summed E-state index contributed by atoms with van der Waals surface area (Å²) in [4.78, 5) is 0. The van der Waals surface area contributed by atoms with Crippen LogP contribution in [0.2, 0.25) is 0 Å². The molecule has 1 saturated heterocycles. The zero-order chi connectivity index (χ0) is 19.9. The molecule has 0 aromatic rings. The van der Waals surface area contributed by atoms with Gasteiger partial charge in [-0.3, -0.25) is 0 Å². The summed E-state index contributed by atoms with van der Waals surface area (Å²) in [6.45, 7) is 12.0. The first-order chi connectivity index (χ1) is 13.8. The van der Waals surface area contributed by atoms with Crippen LogP contribution in [0.5, 0.6) is 0 Å². The van der Waals surface area contributed by atoms with Crippen LogP contribution in [0.3, 0.4) is 0 Å². The average Bonchev–Trinajstić information content (AvgIpc) is 3.07. The minimum atomic E-state index is 1.04. The molecule has 2 fully saturated rings. The highest BCUT2D eigenvalue weighted by molar-refractivity contribution is 4.82. The predicted octanol–water partition coefficient (Wildman–Crippen LogP) is 8.29. The lowest BCUT2D eigenvalue weighted by molar-refractivity contribution is -0.914. The van der Waals surface area contributed by atoms with Crippen LogP contribution in [0, 0.1) is 11.8 Å². The third kappa shape index (κ3) is 9.02. The summed E-state index contributed by atoms with van der Waals surface area (Å²) in [7, 11) is 0. The standard InChI is InChI=1S/C27H52N/c1-3-5-6-7-8-9-10-11-12-13-14-15-16-19-23-28(22-4-2)24-26-20-17-18-21-27(26)25-28/h4,26-27H,2-3,5-25H2,1H3/q+1/t26-,27-/m0/s1. The van der Waals surface area contributed by atoms with E-state index in [2.05, 4.69) is 19.6 Å². The second-order valence-corrected chi connectivity index (χ2v) is 10.3. The highest BCUT2D eigenvalue weighted by atomic mass is 15.4. The molecule has 1 heterocycles. The van der Waals surface area contributed by atoms with E-state index in [0.29, 0.717) is 0 Å². The van der Waals surface area contributed by atoms with Crippen molar-refractivity contribution >= 4 is 0 Å². The molecule has 28 heavy (non-hydrogen) atoms. The van der Waals surface area contributed by atoms with Gasteiger partial charge in [-0.25, -0.2) is 0 Å². The quantitative estimate of drug-likeness (QED) is 0.133. The Labute approximate surface area is 177 Å². The van der Waals surface area contributed by atoms with Crippen molar-refractivity contribution in [3.05, 3.63) is 12.7 Å². The van der Waals surface area contributed by atoms with Gasteiger partial charge < -0.3 is 4.48 Å². The van der Waals surface area contributed by atoms with Gasteiger partial charge >= 0.3 is 0 Å². The van der Waals surface area contributed by atoms with Crippen LogP contribution in [0.25, 0.3) is 0 Å². The largest absolute Gasteiger partial charge is 0.320 e. The van der Waals surface area contributed by atoms with E-state index in [1.165, 1.54) is 146 Å². The monoisotopic (exact) mass is 390 g/mol. The molecular weight excluding hydrogens is 338 g/mol. The van der Waals surface area contributed by atoms with Crippen molar-refractivity contribution in [2.75, 3.05) is 26.2 Å². The average molecular weight is 391 g/mol. The van der Waals surface area contributed by atoms with Gasteiger partial charge in [-0.2, -0.15) is 0 Å². The van der Waals surface area contributed by atoms with Gasteiger partial charge in [-0.1, -0.05) is 103 Å².